The van der Waals surface area contributed by atoms with Gasteiger partial charge in [-0.05, 0) is 60.2 Å². The molecule has 0 aliphatic carbocycles. The van der Waals surface area contributed by atoms with Gasteiger partial charge in [0.1, 0.15) is 11.9 Å². The molecule has 0 bridgehead atoms. The fourth-order valence-corrected chi connectivity index (χ4v) is 4.46. The van der Waals surface area contributed by atoms with E-state index in [1.165, 1.54) is 31.4 Å². The third kappa shape index (κ3) is 6.51. The van der Waals surface area contributed by atoms with Crippen molar-refractivity contribution < 1.29 is 27.6 Å². The molecule has 5 aromatic rings. The van der Waals surface area contributed by atoms with Gasteiger partial charge in [0.05, 0.1) is 22.3 Å². The number of hydrogen-bond acceptors (Lipinski definition) is 5. The van der Waals surface area contributed by atoms with Crippen LogP contribution in [0.15, 0.2) is 103 Å². The maximum atomic E-state index is 13.2. The van der Waals surface area contributed by atoms with Crippen molar-refractivity contribution in [1.82, 2.24) is 20.6 Å². The summed E-state index contributed by atoms with van der Waals surface area (Å²) in [6.45, 7) is 0. The van der Waals surface area contributed by atoms with Gasteiger partial charge in [0, 0.05) is 29.8 Å². The maximum Gasteiger partial charge on any atom is 0.416 e. The number of likely N-dealkylation sites (N-methyl/N-ethyl adjacent to an activating group) is 1. The molecule has 43 heavy (non-hydrogen) atoms. The predicted molar refractivity (Wildman–Crippen MR) is 155 cm³/mol. The van der Waals surface area contributed by atoms with Crippen molar-refractivity contribution in [3.05, 3.63) is 126 Å². The second-order valence-corrected chi connectivity index (χ2v) is 9.46. The van der Waals surface area contributed by atoms with Crippen LogP contribution in [0.3, 0.4) is 0 Å². The van der Waals surface area contributed by atoms with E-state index in [4.69, 9.17) is 0 Å². The number of amides is 3. The number of halogens is 3. The first-order valence-corrected chi connectivity index (χ1v) is 13.1. The monoisotopic (exact) mass is 583 g/mol. The highest BCUT2D eigenvalue weighted by Gasteiger charge is 2.30. The Morgan fingerprint density at radius 2 is 1.56 bits per heavy atom. The summed E-state index contributed by atoms with van der Waals surface area (Å²) in [4.78, 5) is 47.3. The highest BCUT2D eigenvalue weighted by atomic mass is 19.4. The lowest BCUT2D eigenvalue weighted by molar-refractivity contribution is -0.137. The number of hydrogen-bond donors (Lipinski definition) is 3. The summed E-state index contributed by atoms with van der Waals surface area (Å²) in [5.74, 6) is -1.14. The minimum atomic E-state index is -4.48. The summed E-state index contributed by atoms with van der Waals surface area (Å²) < 4.78 is 38.9. The van der Waals surface area contributed by atoms with Crippen LogP contribution in [-0.4, -0.2) is 34.7 Å². The number of nitrogens with zero attached hydrogens (tertiary/aromatic N) is 2. The molecule has 0 radical (unpaired) electrons. The van der Waals surface area contributed by atoms with E-state index >= 15 is 0 Å². The number of carbonyl (C=O) groups is 3. The zero-order valence-corrected chi connectivity index (χ0v) is 22.6. The molecule has 0 fully saturated rings. The smallest absolute Gasteiger partial charge is 0.357 e. The molecule has 0 unspecified atom stereocenters. The van der Waals surface area contributed by atoms with Gasteiger partial charge in [0.25, 0.3) is 11.8 Å². The molecule has 0 spiro atoms. The first-order valence-electron chi connectivity index (χ1n) is 13.1. The van der Waals surface area contributed by atoms with Crippen LogP contribution in [0, 0.1) is 0 Å². The second kappa shape index (κ2) is 12.1. The van der Waals surface area contributed by atoms with Gasteiger partial charge in [0.2, 0.25) is 5.91 Å². The Kier molecular flexibility index (Phi) is 8.15. The molecule has 0 aliphatic heterocycles. The number of fused-ring (bicyclic) bond motifs is 1. The molecule has 1 atom stereocenters. The zero-order valence-electron chi connectivity index (χ0n) is 22.6. The van der Waals surface area contributed by atoms with Gasteiger partial charge in [-0.15, -0.1) is 0 Å². The van der Waals surface area contributed by atoms with E-state index in [-0.39, 0.29) is 23.0 Å². The molecule has 0 aliphatic rings. The molecular weight excluding hydrogens is 559 g/mol. The van der Waals surface area contributed by atoms with Gasteiger partial charge >= 0.3 is 6.18 Å². The summed E-state index contributed by atoms with van der Waals surface area (Å²) in [5.41, 5.74) is 1.36. The van der Waals surface area contributed by atoms with Gasteiger partial charge in [0.15, 0.2) is 0 Å². The maximum absolute atomic E-state index is 13.2. The van der Waals surface area contributed by atoms with Gasteiger partial charge < -0.3 is 16.0 Å². The predicted octanol–water partition coefficient (Wildman–Crippen LogP) is 5.79. The minimum absolute atomic E-state index is 0.153. The molecule has 3 amide bonds. The second-order valence-electron chi connectivity index (χ2n) is 9.46. The van der Waals surface area contributed by atoms with Crippen molar-refractivity contribution >= 4 is 34.4 Å². The summed E-state index contributed by atoms with van der Waals surface area (Å²) in [6, 6.07) is 23.5. The lowest BCUT2D eigenvalue weighted by Gasteiger charge is -2.18. The third-order valence-electron chi connectivity index (χ3n) is 6.65. The number of pyridine rings is 2. The molecule has 3 aromatic carbocycles. The van der Waals surface area contributed by atoms with Crippen LogP contribution in [0.5, 0.6) is 0 Å². The number of anilines is 1. The Morgan fingerprint density at radius 3 is 2.26 bits per heavy atom. The molecule has 5 rings (SSSR count). The van der Waals surface area contributed by atoms with Crippen LogP contribution in [0.4, 0.5) is 19.0 Å². The topological polar surface area (TPSA) is 113 Å². The first-order chi connectivity index (χ1) is 20.6. The minimum Gasteiger partial charge on any atom is -0.357 e. The van der Waals surface area contributed by atoms with Gasteiger partial charge in [-0.25, -0.2) is 4.98 Å². The van der Waals surface area contributed by atoms with Crippen molar-refractivity contribution in [2.24, 2.45) is 0 Å². The fourth-order valence-electron chi connectivity index (χ4n) is 4.46. The van der Waals surface area contributed by atoms with Crippen LogP contribution in [-0.2, 0) is 11.0 Å². The van der Waals surface area contributed by atoms with Gasteiger partial charge in [-0.1, -0.05) is 42.5 Å². The van der Waals surface area contributed by atoms with E-state index in [2.05, 4.69) is 25.9 Å². The zero-order chi connectivity index (χ0) is 30.6. The van der Waals surface area contributed by atoms with E-state index in [1.54, 1.807) is 60.7 Å². The quantitative estimate of drug-likeness (QED) is 0.225. The average Bonchev–Trinajstić information content (AvgIpc) is 3.03. The molecule has 0 saturated heterocycles. The van der Waals surface area contributed by atoms with Crippen LogP contribution in [0.25, 0.3) is 22.2 Å². The Balaban J connectivity index is 1.34. The van der Waals surface area contributed by atoms with E-state index in [9.17, 15) is 27.6 Å². The molecular formula is C32H24F3N5O3. The Hall–Kier alpha value is -5.58. The van der Waals surface area contributed by atoms with Crippen molar-refractivity contribution in [3.8, 4) is 11.3 Å². The largest absolute Gasteiger partial charge is 0.416 e. The summed E-state index contributed by atoms with van der Waals surface area (Å²) >= 11 is 0. The summed E-state index contributed by atoms with van der Waals surface area (Å²) in [5, 5.41) is 8.64. The van der Waals surface area contributed by atoms with E-state index in [0.717, 1.165) is 12.1 Å². The normalized spacial score (nSPS) is 11.9. The lowest BCUT2D eigenvalue weighted by atomic mass is 10.0. The van der Waals surface area contributed by atoms with E-state index in [1.807, 2.05) is 6.07 Å². The lowest BCUT2D eigenvalue weighted by Crippen LogP contribution is -2.39. The first kappa shape index (κ1) is 28.9. The molecule has 3 N–H and O–H groups in total. The van der Waals surface area contributed by atoms with Gasteiger partial charge in [-0.3, -0.25) is 19.4 Å². The van der Waals surface area contributed by atoms with Gasteiger partial charge in [-0.2, -0.15) is 13.2 Å². The van der Waals surface area contributed by atoms with E-state index in [0.29, 0.717) is 27.6 Å². The summed E-state index contributed by atoms with van der Waals surface area (Å²) in [6.07, 6.45) is -3.03. The molecule has 2 heterocycles. The molecule has 216 valence electrons. The van der Waals surface area contributed by atoms with Crippen molar-refractivity contribution in [2.75, 3.05) is 12.4 Å². The third-order valence-corrected chi connectivity index (χ3v) is 6.65. The number of alkyl halides is 3. The number of aromatic nitrogens is 2. The number of rotatable bonds is 7. The van der Waals surface area contributed by atoms with Crippen molar-refractivity contribution in [2.45, 2.75) is 12.2 Å². The van der Waals surface area contributed by atoms with Crippen LogP contribution in [0.1, 0.15) is 37.9 Å². The highest BCUT2D eigenvalue weighted by Crippen LogP contribution is 2.31. The van der Waals surface area contributed by atoms with Crippen LogP contribution >= 0.6 is 0 Å². The van der Waals surface area contributed by atoms with E-state index < -0.39 is 29.6 Å². The SMILES string of the molecule is CNC(=O)[C@@H](NC(=O)c1ccc2nc(NC(=O)c3cccnc3-c3ccc(C(F)(F)F)cc3)ccc2c1)c1ccccc1. The summed E-state index contributed by atoms with van der Waals surface area (Å²) in [7, 11) is 1.49. The van der Waals surface area contributed by atoms with Crippen molar-refractivity contribution in [1.29, 1.82) is 0 Å². The Bertz CT molecular complexity index is 1810. The number of benzene rings is 3. The molecule has 11 heteroatoms. The van der Waals surface area contributed by atoms with Crippen LogP contribution < -0.4 is 16.0 Å². The Labute approximate surface area is 244 Å². The number of carbonyl (C=O) groups excluding carboxylic acids is 3. The van der Waals surface area contributed by atoms with Crippen molar-refractivity contribution in [3.63, 3.8) is 0 Å². The standard InChI is InChI=1S/C32H24F3N5O3/c1-36-31(43)28(19-6-3-2-4-7-19)40-29(41)22-11-15-25-21(18-22)12-16-26(38-25)39-30(42)24-8-5-17-37-27(24)20-9-13-23(14-10-20)32(33,34)35/h2-18,28H,1H3,(H,36,43)(H,40,41)(H,38,39,42)/t28-/m0/s1. The molecule has 2 aromatic heterocycles. The molecule has 8 nitrogen and oxygen atoms in total. The Morgan fingerprint density at radius 1 is 0.814 bits per heavy atom. The fraction of sp³-hybridized carbons (Fsp3) is 0.0938. The van der Waals surface area contributed by atoms with Crippen LogP contribution in [0.2, 0.25) is 0 Å². The average molecular weight is 584 g/mol. The highest BCUT2D eigenvalue weighted by molar-refractivity contribution is 6.08. The number of nitrogens with one attached hydrogen (secondary N) is 3. The molecule has 0 saturated carbocycles.